The summed E-state index contributed by atoms with van der Waals surface area (Å²) in [5, 5.41) is 0. The zero-order valence-corrected chi connectivity index (χ0v) is 14.7. The van der Waals surface area contributed by atoms with Crippen LogP contribution >= 0.6 is 0 Å². The fraction of sp³-hybridized carbons (Fsp3) is 0.562. The molecular weight excluding hydrogens is 316 g/mol. The maximum Gasteiger partial charge on any atom is 0.253 e. The van der Waals surface area contributed by atoms with Gasteiger partial charge >= 0.3 is 0 Å². The van der Waals surface area contributed by atoms with Gasteiger partial charge in [-0.15, -0.1) is 0 Å². The summed E-state index contributed by atoms with van der Waals surface area (Å²) in [7, 11) is -3.18. The van der Waals surface area contributed by atoms with Crippen molar-refractivity contribution in [2.75, 3.05) is 39.0 Å². The lowest BCUT2D eigenvalue weighted by atomic mass is 10.1. The maximum absolute atomic E-state index is 12.5. The summed E-state index contributed by atoms with van der Waals surface area (Å²) in [4.78, 5) is 14.1. The molecule has 2 rings (SSSR count). The summed E-state index contributed by atoms with van der Waals surface area (Å²) >= 11 is 0. The molecule has 1 heterocycles. The van der Waals surface area contributed by atoms with Crippen molar-refractivity contribution < 1.29 is 17.9 Å². The Labute approximate surface area is 138 Å². The Morgan fingerprint density at radius 1 is 1.13 bits per heavy atom. The highest BCUT2D eigenvalue weighted by atomic mass is 32.2. The Morgan fingerprint density at radius 3 is 2.17 bits per heavy atom. The summed E-state index contributed by atoms with van der Waals surface area (Å²) in [6.45, 7) is 6.32. The first-order valence-electron chi connectivity index (χ1n) is 7.74. The molecule has 128 valence electrons. The molecule has 0 radical (unpaired) electrons. The average molecular weight is 340 g/mol. The van der Waals surface area contributed by atoms with Gasteiger partial charge < -0.3 is 9.64 Å². The van der Waals surface area contributed by atoms with E-state index in [0.29, 0.717) is 44.3 Å². The molecule has 1 aliphatic rings. The Hall–Kier alpha value is -1.60. The van der Waals surface area contributed by atoms with E-state index < -0.39 is 10.0 Å². The minimum absolute atomic E-state index is 0.0754. The van der Waals surface area contributed by atoms with Crippen LogP contribution in [0.5, 0.6) is 5.75 Å². The van der Waals surface area contributed by atoms with Gasteiger partial charge in [-0.3, -0.25) is 4.79 Å². The van der Waals surface area contributed by atoms with Crippen molar-refractivity contribution in [3.63, 3.8) is 0 Å². The zero-order chi connectivity index (χ0) is 17.0. The van der Waals surface area contributed by atoms with E-state index in [1.165, 1.54) is 10.6 Å². The van der Waals surface area contributed by atoms with E-state index >= 15 is 0 Å². The second-order valence-corrected chi connectivity index (χ2v) is 8.17. The third-order valence-corrected chi connectivity index (χ3v) is 4.98. The van der Waals surface area contributed by atoms with Gasteiger partial charge in [0, 0.05) is 31.7 Å². The number of rotatable bonds is 5. The SMILES string of the molecule is CC(C)COc1ccc(C(=O)N2CCN(S(C)(=O)=O)CC2)cc1. The van der Waals surface area contributed by atoms with Gasteiger partial charge in [-0.1, -0.05) is 13.8 Å². The number of sulfonamides is 1. The van der Waals surface area contributed by atoms with Crippen LogP contribution in [-0.4, -0.2) is 62.6 Å². The molecule has 0 saturated carbocycles. The normalized spacial score (nSPS) is 16.6. The van der Waals surface area contributed by atoms with Crippen molar-refractivity contribution in [2.45, 2.75) is 13.8 Å². The fourth-order valence-electron chi connectivity index (χ4n) is 2.36. The first-order chi connectivity index (χ1) is 10.8. The van der Waals surface area contributed by atoms with Crippen molar-refractivity contribution in [3.05, 3.63) is 29.8 Å². The fourth-order valence-corrected chi connectivity index (χ4v) is 3.19. The molecule has 0 atom stereocenters. The summed E-state index contributed by atoms with van der Waals surface area (Å²) < 4.78 is 30.0. The van der Waals surface area contributed by atoms with E-state index in [0.717, 1.165) is 5.75 Å². The van der Waals surface area contributed by atoms with Crippen LogP contribution in [0.15, 0.2) is 24.3 Å². The molecule has 0 N–H and O–H groups in total. The van der Waals surface area contributed by atoms with Crippen LogP contribution in [0.25, 0.3) is 0 Å². The largest absolute Gasteiger partial charge is 0.493 e. The van der Waals surface area contributed by atoms with Crippen molar-refractivity contribution in [2.24, 2.45) is 5.92 Å². The van der Waals surface area contributed by atoms with Crippen LogP contribution in [-0.2, 0) is 10.0 Å². The van der Waals surface area contributed by atoms with Gasteiger partial charge in [-0.25, -0.2) is 8.42 Å². The third-order valence-electron chi connectivity index (χ3n) is 3.68. The summed E-state index contributed by atoms with van der Waals surface area (Å²) in [5.74, 6) is 1.12. The number of carbonyl (C=O) groups excluding carboxylic acids is 1. The first kappa shape index (κ1) is 17.7. The highest BCUT2D eigenvalue weighted by molar-refractivity contribution is 7.88. The molecule has 0 aliphatic carbocycles. The van der Waals surface area contributed by atoms with Crippen LogP contribution in [0.4, 0.5) is 0 Å². The molecule has 0 bridgehead atoms. The predicted molar refractivity (Wildman–Crippen MR) is 89.1 cm³/mol. The summed E-state index contributed by atoms with van der Waals surface area (Å²) in [6, 6.07) is 7.09. The molecule has 6 nitrogen and oxygen atoms in total. The minimum atomic E-state index is -3.18. The predicted octanol–water partition coefficient (Wildman–Crippen LogP) is 1.44. The number of nitrogens with zero attached hydrogens (tertiary/aromatic N) is 2. The number of hydrogen-bond donors (Lipinski definition) is 0. The van der Waals surface area contributed by atoms with Crippen LogP contribution in [0, 0.1) is 5.92 Å². The molecule has 0 spiro atoms. The summed E-state index contributed by atoms with van der Waals surface area (Å²) in [6.07, 6.45) is 1.19. The second-order valence-electron chi connectivity index (χ2n) is 6.18. The number of piperazine rings is 1. The molecule has 0 unspecified atom stereocenters. The zero-order valence-electron chi connectivity index (χ0n) is 13.9. The number of benzene rings is 1. The molecular formula is C16H24N2O4S. The van der Waals surface area contributed by atoms with Crippen LogP contribution in [0.3, 0.4) is 0 Å². The Bertz CT molecular complexity index is 633. The topological polar surface area (TPSA) is 66.9 Å². The van der Waals surface area contributed by atoms with E-state index in [4.69, 9.17) is 4.74 Å². The lowest BCUT2D eigenvalue weighted by molar-refractivity contribution is 0.0698. The van der Waals surface area contributed by atoms with Gasteiger partial charge in [0.05, 0.1) is 12.9 Å². The van der Waals surface area contributed by atoms with Crippen LogP contribution in [0.2, 0.25) is 0 Å². The van der Waals surface area contributed by atoms with E-state index in [2.05, 4.69) is 13.8 Å². The quantitative estimate of drug-likeness (QED) is 0.813. The molecule has 7 heteroatoms. The second kappa shape index (κ2) is 7.31. The van der Waals surface area contributed by atoms with Crippen LogP contribution < -0.4 is 4.74 Å². The van der Waals surface area contributed by atoms with Crippen molar-refractivity contribution in [1.29, 1.82) is 0 Å². The van der Waals surface area contributed by atoms with Gasteiger partial charge in [-0.2, -0.15) is 4.31 Å². The molecule has 1 fully saturated rings. The monoisotopic (exact) mass is 340 g/mol. The standard InChI is InChI=1S/C16H24N2O4S/c1-13(2)12-22-15-6-4-14(5-7-15)16(19)17-8-10-18(11-9-17)23(3,20)21/h4-7,13H,8-12H2,1-3H3. The van der Waals surface area contributed by atoms with Crippen LogP contribution in [0.1, 0.15) is 24.2 Å². The van der Waals surface area contributed by atoms with Gasteiger partial charge in [0.1, 0.15) is 5.75 Å². The summed E-state index contributed by atoms with van der Waals surface area (Å²) in [5.41, 5.74) is 0.592. The molecule has 1 aromatic carbocycles. The molecule has 1 saturated heterocycles. The highest BCUT2D eigenvalue weighted by Gasteiger charge is 2.26. The molecule has 23 heavy (non-hydrogen) atoms. The third kappa shape index (κ3) is 4.94. The molecule has 1 aromatic rings. The Kier molecular flexibility index (Phi) is 5.64. The van der Waals surface area contributed by atoms with E-state index in [1.54, 1.807) is 29.2 Å². The van der Waals surface area contributed by atoms with Gasteiger partial charge in [0.25, 0.3) is 5.91 Å². The van der Waals surface area contributed by atoms with Crippen molar-refractivity contribution in [3.8, 4) is 5.75 Å². The lowest BCUT2D eigenvalue weighted by Crippen LogP contribution is -2.50. The Morgan fingerprint density at radius 2 is 1.70 bits per heavy atom. The molecule has 1 aliphatic heterocycles. The maximum atomic E-state index is 12.5. The van der Waals surface area contributed by atoms with Gasteiger partial charge in [0.15, 0.2) is 0 Å². The van der Waals surface area contributed by atoms with Crippen molar-refractivity contribution in [1.82, 2.24) is 9.21 Å². The molecule has 1 amide bonds. The smallest absolute Gasteiger partial charge is 0.253 e. The average Bonchev–Trinajstić information content (AvgIpc) is 2.52. The molecule has 0 aromatic heterocycles. The number of hydrogen-bond acceptors (Lipinski definition) is 4. The first-order valence-corrected chi connectivity index (χ1v) is 9.59. The van der Waals surface area contributed by atoms with Gasteiger partial charge in [0.2, 0.25) is 10.0 Å². The van der Waals surface area contributed by atoms with E-state index in [-0.39, 0.29) is 5.91 Å². The highest BCUT2D eigenvalue weighted by Crippen LogP contribution is 2.16. The lowest BCUT2D eigenvalue weighted by Gasteiger charge is -2.33. The number of ether oxygens (including phenoxy) is 1. The Balaban J connectivity index is 1.94. The number of amides is 1. The van der Waals surface area contributed by atoms with E-state index in [9.17, 15) is 13.2 Å². The van der Waals surface area contributed by atoms with Crippen molar-refractivity contribution >= 4 is 15.9 Å². The minimum Gasteiger partial charge on any atom is -0.493 e. The van der Waals surface area contributed by atoms with E-state index in [1.807, 2.05) is 0 Å². The van der Waals surface area contributed by atoms with Gasteiger partial charge in [-0.05, 0) is 30.2 Å². The number of carbonyl (C=O) groups is 1.